The highest BCUT2D eigenvalue weighted by Crippen LogP contribution is 2.21. The predicted molar refractivity (Wildman–Crippen MR) is 98.7 cm³/mol. The van der Waals surface area contributed by atoms with Crippen molar-refractivity contribution in [1.82, 2.24) is 14.0 Å². The fourth-order valence-electron chi connectivity index (χ4n) is 3.21. The summed E-state index contributed by atoms with van der Waals surface area (Å²) in [5.41, 5.74) is 3.04. The van der Waals surface area contributed by atoms with E-state index in [0.717, 1.165) is 11.1 Å². The summed E-state index contributed by atoms with van der Waals surface area (Å²) < 4.78 is 28.9. The molecule has 0 saturated heterocycles. The number of hydrogen-bond donors (Lipinski definition) is 1. The van der Waals surface area contributed by atoms with E-state index in [-0.39, 0.29) is 12.1 Å². The molecule has 2 heterocycles. The second kappa shape index (κ2) is 6.51. The molecule has 1 aromatic heterocycles. The van der Waals surface area contributed by atoms with Crippen LogP contribution in [0.1, 0.15) is 21.5 Å². The molecular formula is C19H17N3O3S. The molecule has 1 aliphatic heterocycles. The van der Waals surface area contributed by atoms with Gasteiger partial charge in [-0.05, 0) is 35.7 Å². The van der Waals surface area contributed by atoms with Gasteiger partial charge in [-0.25, -0.2) is 4.72 Å². The summed E-state index contributed by atoms with van der Waals surface area (Å²) in [6, 6.07) is 16.3. The molecule has 1 amide bonds. The highest BCUT2D eigenvalue weighted by Gasteiger charge is 2.28. The molecular weight excluding hydrogens is 350 g/mol. The SMILES string of the molecule is O=C(NS(=O)(=O)N1CCc2ccccc2C1)c1cccc2ncccc12. The van der Waals surface area contributed by atoms with Crippen LogP contribution in [0.3, 0.4) is 0 Å². The summed E-state index contributed by atoms with van der Waals surface area (Å²) in [6.07, 6.45) is 2.26. The van der Waals surface area contributed by atoms with Crippen molar-refractivity contribution in [2.75, 3.05) is 6.54 Å². The van der Waals surface area contributed by atoms with Gasteiger partial charge < -0.3 is 0 Å². The topological polar surface area (TPSA) is 79.4 Å². The molecule has 26 heavy (non-hydrogen) atoms. The number of rotatable bonds is 3. The minimum absolute atomic E-state index is 0.260. The zero-order valence-corrected chi connectivity index (χ0v) is 14.7. The fourth-order valence-corrected chi connectivity index (χ4v) is 4.33. The van der Waals surface area contributed by atoms with Gasteiger partial charge in [0, 0.05) is 30.2 Å². The van der Waals surface area contributed by atoms with Gasteiger partial charge in [0.25, 0.3) is 5.91 Å². The van der Waals surface area contributed by atoms with Crippen LogP contribution in [0.25, 0.3) is 10.9 Å². The lowest BCUT2D eigenvalue weighted by Crippen LogP contribution is -2.45. The molecule has 0 radical (unpaired) electrons. The first-order valence-corrected chi connectivity index (χ1v) is 9.71. The van der Waals surface area contributed by atoms with Gasteiger partial charge >= 0.3 is 10.2 Å². The van der Waals surface area contributed by atoms with Crippen LogP contribution in [0.15, 0.2) is 60.8 Å². The van der Waals surface area contributed by atoms with Gasteiger partial charge in [0.2, 0.25) is 0 Å². The second-order valence-corrected chi connectivity index (χ2v) is 7.83. The molecule has 0 spiro atoms. The molecule has 0 saturated carbocycles. The number of hydrogen-bond acceptors (Lipinski definition) is 4. The maximum Gasteiger partial charge on any atom is 0.304 e. The molecule has 7 heteroatoms. The Morgan fingerprint density at radius 1 is 1.00 bits per heavy atom. The first-order chi connectivity index (χ1) is 12.5. The van der Waals surface area contributed by atoms with Gasteiger partial charge in [-0.3, -0.25) is 9.78 Å². The Hall–Kier alpha value is -2.77. The van der Waals surface area contributed by atoms with Crippen molar-refractivity contribution in [3.8, 4) is 0 Å². The largest absolute Gasteiger partial charge is 0.304 e. The average Bonchev–Trinajstić information content (AvgIpc) is 2.66. The van der Waals surface area contributed by atoms with E-state index in [0.29, 0.717) is 23.9 Å². The third-order valence-corrected chi connectivity index (χ3v) is 5.98. The summed E-state index contributed by atoms with van der Waals surface area (Å²) in [5, 5.41) is 0.617. The molecule has 0 fully saturated rings. The standard InChI is InChI=1S/C19H17N3O3S/c23-19(17-7-3-9-18-16(17)8-4-11-20-18)21-26(24,25)22-12-10-14-5-1-2-6-15(14)13-22/h1-9,11H,10,12-13H2,(H,21,23). The van der Waals surface area contributed by atoms with Crippen molar-refractivity contribution in [3.05, 3.63) is 77.5 Å². The van der Waals surface area contributed by atoms with E-state index in [1.807, 2.05) is 24.3 Å². The van der Waals surface area contributed by atoms with E-state index in [1.165, 1.54) is 4.31 Å². The second-order valence-electron chi connectivity index (χ2n) is 6.16. The van der Waals surface area contributed by atoms with Gasteiger partial charge in [-0.15, -0.1) is 0 Å². The Balaban J connectivity index is 1.59. The van der Waals surface area contributed by atoms with E-state index in [2.05, 4.69) is 9.71 Å². The molecule has 3 aromatic rings. The average molecular weight is 367 g/mol. The van der Waals surface area contributed by atoms with E-state index in [4.69, 9.17) is 0 Å². The Labute approximate surface area is 151 Å². The zero-order chi connectivity index (χ0) is 18.1. The van der Waals surface area contributed by atoms with Gasteiger partial charge in [0.1, 0.15) is 0 Å². The smallest absolute Gasteiger partial charge is 0.268 e. The summed E-state index contributed by atoms with van der Waals surface area (Å²) in [4.78, 5) is 16.8. The number of fused-ring (bicyclic) bond motifs is 2. The summed E-state index contributed by atoms with van der Waals surface area (Å²) in [6.45, 7) is 0.604. The van der Waals surface area contributed by atoms with Crippen LogP contribution in [-0.4, -0.2) is 30.2 Å². The summed E-state index contributed by atoms with van der Waals surface area (Å²) in [5.74, 6) is -0.651. The van der Waals surface area contributed by atoms with Crippen molar-refractivity contribution >= 4 is 27.0 Å². The van der Waals surface area contributed by atoms with Crippen molar-refractivity contribution in [2.45, 2.75) is 13.0 Å². The van der Waals surface area contributed by atoms with Crippen molar-refractivity contribution in [3.63, 3.8) is 0 Å². The highest BCUT2D eigenvalue weighted by molar-refractivity contribution is 7.87. The Morgan fingerprint density at radius 2 is 1.81 bits per heavy atom. The monoisotopic (exact) mass is 367 g/mol. The number of nitrogens with zero attached hydrogens (tertiary/aromatic N) is 2. The molecule has 2 aromatic carbocycles. The minimum atomic E-state index is -3.93. The first-order valence-electron chi connectivity index (χ1n) is 8.27. The Morgan fingerprint density at radius 3 is 2.65 bits per heavy atom. The molecule has 0 unspecified atom stereocenters. The number of aromatic nitrogens is 1. The fraction of sp³-hybridized carbons (Fsp3) is 0.158. The maximum absolute atomic E-state index is 12.7. The summed E-state index contributed by atoms with van der Waals surface area (Å²) in [7, 11) is -3.93. The molecule has 1 N–H and O–H groups in total. The first kappa shape index (κ1) is 16.7. The molecule has 0 aliphatic carbocycles. The minimum Gasteiger partial charge on any atom is -0.268 e. The number of pyridine rings is 1. The lowest BCUT2D eigenvalue weighted by molar-refractivity contribution is 0.0980. The highest BCUT2D eigenvalue weighted by atomic mass is 32.2. The number of nitrogens with one attached hydrogen (secondary N) is 1. The Bertz CT molecular complexity index is 1090. The van der Waals surface area contributed by atoms with Gasteiger partial charge in [0.05, 0.1) is 5.52 Å². The van der Waals surface area contributed by atoms with Crippen LogP contribution >= 0.6 is 0 Å². The third kappa shape index (κ3) is 3.07. The van der Waals surface area contributed by atoms with Crippen LogP contribution in [0.2, 0.25) is 0 Å². The van der Waals surface area contributed by atoms with Crippen LogP contribution in [0, 0.1) is 0 Å². The maximum atomic E-state index is 12.7. The van der Waals surface area contributed by atoms with Crippen LogP contribution in [-0.2, 0) is 23.2 Å². The number of amides is 1. The third-order valence-electron chi connectivity index (χ3n) is 4.55. The number of carbonyl (C=O) groups is 1. The number of benzene rings is 2. The van der Waals surface area contributed by atoms with Crippen LogP contribution < -0.4 is 4.72 Å². The lowest BCUT2D eigenvalue weighted by Gasteiger charge is -2.27. The van der Waals surface area contributed by atoms with E-state index >= 15 is 0 Å². The zero-order valence-electron chi connectivity index (χ0n) is 13.9. The predicted octanol–water partition coefficient (Wildman–Crippen LogP) is 2.27. The number of carbonyl (C=O) groups excluding carboxylic acids is 1. The molecule has 0 bridgehead atoms. The Kier molecular flexibility index (Phi) is 4.18. The van der Waals surface area contributed by atoms with E-state index in [1.54, 1.807) is 36.5 Å². The van der Waals surface area contributed by atoms with E-state index in [9.17, 15) is 13.2 Å². The van der Waals surface area contributed by atoms with Crippen molar-refractivity contribution in [2.24, 2.45) is 0 Å². The molecule has 1 aliphatic rings. The van der Waals surface area contributed by atoms with Gasteiger partial charge in [0.15, 0.2) is 0 Å². The van der Waals surface area contributed by atoms with Crippen molar-refractivity contribution < 1.29 is 13.2 Å². The van der Waals surface area contributed by atoms with Crippen molar-refractivity contribution in [1.29, 1.82) is 0 Å². The van der Waals surface area contributed by atoms with Gasteiger partial charge in [-0.2, -0.15) is 12.7 Å². The van der Waals surface area contributed by atoms with Crippen LogP contribution in [0.5, 0.6) is 0 Å². The van der Waals surface area contributed by atoms with Crippen LogP contribution in [0.4, 0.5) is 0 Å². The van der Waals surface area contributed by atoms with E-state index < -0.39 is 16.1 Å². The summed E-state index contributed by atoms with van der Waals surface area (Å²) >= 11 is 0. The normalized spacial score (nSPS) is 14.8. The molecule has 132 valence electrons. The molecule has 6 nitrogen and oxygen atoms in total. The molecule has 4 rings (SSSR count). The molecule has 0 atom stereocenters. The quantitative estimate of drug-likeness (QED) is 0.770. The lowest BCUT2D eigenvalue weighted by atomic mass is 10.0. The van der Waals surface area contributed by atoms with Gasteiger partial charge in [-0.1, -0.05) is 36.4 Å².